The molecule has 0 fully saturated rings. The summed E-state index contributed by atoms with van der Waals surface area (Å²) in [6.07, 6.45) is 3.57. The number of hydrogen-bond acceptors (Lipinski definition) is 2. The molecule has 1 aliphatic rings. The summed E-state index contributed by atoms with van der Waals surface area (Å²) >= 11 is -3.06. The van der Waals surface area contributed by atoms with Gasteiger partial charge in [0.15, 0.2) is 0 Å². The first kappa shape index (κ1) is 6.27. The van der Waals surface area contributed by atoms with Gasteiger partial charge in [-0.1, -0.05) is 0 Å². The zero-order valence-electron chi connectivity index (χ0n) is 4.07. The maximum absolute atomic E-state index is 10.3. The molecule has 0 spiro atoms. The van der Waals surface area contributed by atoms with E-state index in [1.54, 1.807) is 23.0 Å². The summed E-state index contributed by atoms with van der Waals surface area (Å²) in [6.45, 7) is 0. The Hall–Kier alpha value is 0.144. The fourth-order valence-corrected chi connectivity index (χ4v) is 3.32. The van der Waals surface area contributed by atoms with Crippen LogP contribution in [0.15, 0.2) is 23.0 Å². The molecule has 0 saturated carbocycles. The van der Waals surface area contributed by atoms with Gasteiger partial charge >= 0.3 is 54.6 Å². The predicted molar refractivity (Wildman–Crippen MR) is 28.6 cm³/mol. The summed E-state index contributed by atoms with van der Waals surface area (Å²) in [4.78, 5) is 0. The topological polar surface area (TPSA) is 34.1 Å². The molecule has 0 saturated heterocycles. The number of rotatable bonds is 1. The minimum atomic E-state index is -3.06. The third-order valence-electron chi connectivity index (χ3n) is 0.815. The summed E-state index contributed by atoms with van der Waals surface area (Å²) < 4.78 is 20.5. The van der Waals surface area contributed by atoms with E-state index in [1.165, 1.54) is 0 Å². The van der Waals surface area contributed by atoms with E-state index in [9.17, 15) is 6.65 Å². The second-order valence-corrected chi connectivity index (χ2v) is 7.52. The van der Waals surface area contributed by atoms with Crippen molar-refractivity contribution in [3.63, 3.8) is 0 Å². The van der Waals surface area contributed by atoms with E-state index in [2.05, 4.69) is 0 Å². The van der Waals surface area contributed by atoms with Gasteiger partial charge in [-0.05, 0) is 0 Å². The van der Waals surface area contributed by atoms with Gasteiger partial charge in [-0.25, -0.2) is 0 Å². The second-order valence-electron chi connectivity index (χ2n) is 1.36. The van der Waals surface area contributed by atoms with Crippen LogP contribution in [0.3, 0.4) is 0 Å². The Bertz CT molecular complexity index is 184. The SMILES string of the molecule is [O]=[Ti](=[O])[SH]1C=CC=C1. The fraction of sp³-hybridized carbons (Fsp3) is 0. The Labute approximate surface area is 54.7 Å². The molecular formula is C4H5O2STi. The van der Waals surface area contributed by atoms with Crippen LogP contribution in [0.4, 0.5) is 0 Å². The van der Waals surface area contributed by atoms with E-state index in [0.29, 0.717) is 0 Å². The monoisotopic (exact) mass is 165 g/mol. The van der Waals surface area contributed by atoms with Crippen LogP contribution < -0.4 is 0 Å². The molecule has 1 heterocycles. The molecule has 43 valence electrons. The van der Waals surface area contributed by atoms with Gasteiger partial charge in [0.25, 0.3) is 0 Å². The summed E-state index contributed by atoms with van der Waals surface area (Å²) in [6, 6.07) is 0. The molecule has 0 atom stereocenters. The molecule has 0 aromatic rings. The molecular weight excluding hydrogens is 160 g/mol. The predicted octanol–water partition coefficient (Wildman–Crippen LogP) is 1.25. The number of hydrogen-bond donors (Lipinski definition) is 1. The molecule has 0 N–H and O–H groups in total. The average Bonchev–Trinajstić information content (AvgIpc) is 2.12. The van der Waals surface area contributed by atoms with Gasteiger partial charge in [0.1, 0.15) is 0 Å². The molecule has 2 nitrogen and oxygen atoms in total. The standard InChI is InChI=1S/C4H4S.2O.Ti/c1-2-4-5-3-1;;;/h1-4H;;;/q;;;-1/p+1. The number of thiol groups is 1. The molecule has 0 aliphatic carbocycles. The van der Waals surface area contributed by atoms with Gasteiger partial charge in [-0.2, -0.15) is 0 Å². The van der Waals surface area contributed by atoms with Crippen LogP contribution in [-0.2, 0) is 23.2 Å². The van der Waals surface area contributed by atoms with Crippen LogP contribution in [-0.4, -0.2) is 0 Å². The van der Waals surface area contributed by atoms with Crippen LogP contribution in [0.2, 0.25) is 0 Å². The van der Waals surface area contributed by atoms with Gasteiger partial charge < -0.3 is 0 Å². The average molecular weight is 165 g/mol. The van der Waals surface area contributed by atoms with Crippen molar-refractivity contribution in [2.45, 2.75) is 0 Å². The molecule has 0 aromatic heterocycles. The van der Waals surface area contributed by atoms with Crippen LogP contribution in [0.1, 0.15) is 0 Å². The Morgan fingerprint density at radius 3 is 1.88 bits per heavy atom. The molecule has 4 heteroatoms. The molecule has 1 rings (SSSR count). The molecule has 0 amide bonds. The van der Waals surface area contributed by atoms with Crippen LogP contribution in [0, 0.1) is 0 Å². The van der Waals surface area contributed by atoms with Crippen molar-refractivity contribution in [2.24, 2.45) is 0 Å². The summed E-state index contributed by atoms with van der Waals surface area (Å²) in [5.74, 6) is 0. The van der Waals surface area contributed by atoms with Crippen molar-refractivity contribution in [1.82, 2.24) is 0 Å². The second kappa shape index (κ2) is 2.62. The Morgan fingerprint density at radius 1 is 1.12 bits per heavy atom. The third kappa shape index (κ3) is 1.31. The van der Waals surface area contributed by atoms with Crippen molar-refractivity contribution < 1.29 is 23.2 Å². The van der Waals surface area contributed by atoms with E-state index >= 15 is 0 Å². The fourth-order valence-electron chi connectivity index (χ4n) is 0.456. The molecule has 0 bridgehead atoms. The van der Waals surface area contributed by atoms with E-state index in [4.69, 9.17) is 0 Å². The first-order chi connectivity index (χ1) is 3.80. The van der Waals surface area contributed by atoms with Crippen molar-refractivity contribution >= 4 is 8.48 Å². The van der Waals surface area contributed by atoms with Crippen molar-refractivity contribution in [1.29, 1.82) is 0 Å². The molecule has 0 unspecified atom stereocenters. The van der Waals surface area contributed by atoms with Crippen molar-refractivity contribution in [3.05, 3.63) is 23.0 Å². The normalized spacial score (nSPS) is 19.8. The van der Waals surface area contributed by atoms with E-state index in [1.807, 2.05) is 0 Å². The van der Waals surface area contributed by atoms with E-state index in [0.717, 1.165) is 0 Å². The van der Waals surface area contributed by atoms with Crippen LogP contribution >= 0.6 is 8.48 Å². The summed E-state index contributed by atoms with van der Waals surface area (Å²) in [5, 5.41) is 3.51. The van der Waals surface area contributed by atoms with Crippen molar-refractivity contribution in [3.8, 4) is 0 Å². The minimum absolute atomic E-state index is 0.810. The van der Waals surface area contributed by atoms with Gasteiger partial charge in [0.2, 0.25) is 0 Å². The van der Waals surface area contributed by atoms with Crippen molar-refractivity contribution in [2.75, 3.05) is 0 Å². The van der Waals surface area contributed by atoms with Gasteiger partial charge in [0.05, 0.1) is 0 Å². The van der Waals surface area contributed by atoms with Gasteiger partial charge in [-0.15, -0.1) is 0 Å². The molecule has 1 aliphatic heterocycles. The molecule has 8 heavy (non-hydrogen) atoms. The van der Waals surface area contributed by atoms with Gasteiger partial charge in [0, 0.05) is 0 Å². The summed E-state index contributed by atoms with van der Waals surface area (Å²) in [7, 11) is -0.810. The quantitative estimate of drug-likeness (QED) is 0.468. The molecule has 0 radical (unpaired) electrons. The van der Waals surface area contributed by atoms with Crippen LogP contribution in [0.25, 0.3) is 0 Å². The molecule has 0 aromatic carbocycles. The Balaban J connectivity index is 2.76. The Kier molecular flexibility index (Phi) is 2.05. The summed E-state index contributed by atoms with van der Waals surface area (Å²) in [5.41, 5.74) is 0. The first-order valence-corrected chi connectivity index (χ1v) is 7.00. The Morgan fingerprint density at radius 2 is 1.62 bits per heavy atom. The number of allylic oxidation sites excluding steroid dienone is 2. The van der Waals surface area contributed by atoms with Crippen LogP contribution in [0.5, 0.6) is 0 Å². The maximum atomic E-state index is 10.3. The zero-order chi connectivity index (χ0) is 5.98. The third-order valence-corrected chi connectivity index (χ3v) is 5.60. The van der Waals surface area contributed by atoms with E-state index in [-0.39, 0.29) is 0 Å². The van der Waals surface area contributed by atoms with E-state index < -0.39 is 25.0 Å². The first-order valence-electron chi connectivity index (χ1n) is 2.15. The zero-order valence-corrected chi connectivity index (χ0v) is 6.53. The van der Waals surface area contributed by atoms with Gasteiger partial charge in [-0.3, -0.25) is 0 Å².